The van der Waals surface area contributed by atoms with Crippen LogP contribution in [-0.2, 0) is 11.2 Å². The van der Waals surface area contributed by atoms with Gasteiger partial charge in [0.2, 0.25) is 5.91 Å². The lowest BCUT2D eigenvalue weighted by molar-refractivity contribution is -0.131. The average molecular weight is 335 g/mol. The number of rotatable bonds is 3. The second-order valence-corrected chi connectivity index (χ2v) is 6.75. The molecule has 25 heavy (non-hydrogen) atoms. The van der Waals surface area contributed by atoms with E-state index in [1.165, 1.54) is 0 Å². The van der Waals surface area contributed by atoms with Crippen molar-refractivity contribution in [2.45, 2.75) is 32.1 Å². The lowest BCUT2D eigenvalue weighted by Crippen LogP contribution is -2.40. The normalized spacial score (nSPS) is 17.8. The van der Waals surface area contributed by atoms with Gasteiger partial charge in [0.25, 0.3) is 0 Å². The summed E-state index contributed by atoms with van der Waals surface area (Å²) >= 11 is 0. The lowest BCUT2D eigenvalue weighted by Gasteiger charge is -2.32. The maximum Gasteiger partial charge on any atom is 0.227 e. The van der Waals surface area contributed by atoms with Crippen molar-refractivity contribution in [3.05, 3.63) is 59.9 Å². The van der Waals surface area contributed by atoms with E-state index in [1.54, 1.807) is 18.7 Å². The van der Waals surface area contributed by atoms with Crippen LogP contribution in [0.25, 0.3) is 11.0 Å². The summed E-state index contributed by atoms with van der Waals surface area (Å²) in [4.78, 5) is 23.3. The molecular weight excluding hydrogens is 314 g/mol. The molecule has 1 amide bonds. The summed E-state index contributed by atoms with van der Waals surface area (Å²) in [7, 11) is 0. The number of carbonyl (C=O) groups excluding carboxylic acids is 1. The smallest absolute Gasteiger partial charge is 0.227 e. The number of furan rings is 1. The molecule has 1 aliphatic heterocycles. The Labute approximate surface area is 146 Å². The number of fused-ring (bicyclic) bond motifs is 1. The molecule has 0 N–H and O–H groups in total. The molecule has 1 saturated heterocycles. The fourth-order valence-corrected chi connectivity index (χ4v) is 3.57. The van der Waals surface area contributed by atoms with Gasteiger partial charge in [0.05, 0.1) is 18.4 Å². The molecule has 0 saturated carbocycles. The van der Waals surface area contributed by atoms with E-state index < -0.39 is 0 Å². The maximum atomic E-state index is 12.8. The van der Waals surface area contributed by atoms with Crippen LogP contribution in [0.3, 0.4) is 0 Å². The van der Waals surface area contributed by atoms with Crippen molar-refractivity contribution in [2.75, 3.05) is 13.1 Å². The highest BCUT2D eigenvalue weighted by Gasteiger charge is 2.26. The monoisotopic (exact) mass is 335 g/mol. The van der Waals surface area contributed by atoms with Crippen molar-refractivity contribution >= 4 is 16.9 Å². The molecule has 5 nitrogen and oxygen atoms in total. The zero-order valence-corrected chi connectivity index (χ0v) is 14.3. The molecule has 1 fully saturated rings. The number of benzene rings is 1. The number of nitrogens with zero attached hydrogens (tertiary/aromatic N) is 3. The van der Waals surface area contributed by atoms with E-state index in [1.807, 2.05) is 30.2 Å². The Morgan fingerprint density at radius 3 is 3.12 bits per heavy atom. The van der Waals surface area contributed by atoms with Crippen molar-refractivity contribution in [2.24, 2.45) is 0 Å². The first-order chi connectivity index (χ1) is 12.2. The first kappa shape index (κ1) is 15.8. The number of amides is 1. The van der Waals surface area contributed by atoms with Gasteiger partial charge in [-0.05, 0) is 31.4 Å². The molecule has 0 aliphatic carbocycles. The Balaban J connectivity index is 1.48. The Kier molecular flexibility index (Phi) is 4.22. The molecule has 4 rings (SSSR count). The highest BCUT2D eigenvalue weighted by atomic mass is 16.3. The van der Waals surface area contributed by atoms with Gasteiger partial charge in [-0.1, -0.05) is 12.1 Å². The van der Waals surface area contributed by atoms with Gasteiger partial charge in [-0.15, -0.1) is 0 Å². The largest absolute Gasteiger partial charge is 0.464 e. The predicted molar refractivity (Wildman–Crippen MR) is 95.2 cm³/mol. The summed E-state index contributed by atoms with van der Waals surface area (Å²) in [5.74, 6) is 0.423. The van der Waals surface area contributed by atoms with Gasteiger partial charge in [-0.2, -0.15) is 0 Å². The van der Waals surface area contributed by atoms with Gasteiger partial charge in [-0.3, -0.25) is 14.8 Å². The minimum absolute atomic E-state index is 0.150. The third-order valence-electron chi connectivity index (χ3n) is 4.93. The summed E-state index contributed by atoms with van der Waals surface area (Å²) < 4.78 is 5.62. The quantitative estimate of drug-likeness (QED) is 0.735. The Morgan fingerprint density at radius 2 is 2.28 bits per heavy atom. The number of aryl methyl sites for hydroxylation is 1. The zero-order valence-electron chi connectivity index (χ0n) is 14.3. The molecule has 0 radical (unpaired) electrons. The van der Waals surface area contributed by atoms with Crippen LogP contribution in [0.2, 0.25) is 0 Å². The van der Waals surface area contributed by atoms with E-state index in [9.17, 15) is 4.79 Å². The third kappa shape index (κ3) is 3.27. The molecular formula is C20H21N3O2. The van der Waals surface area contributed by atoms with Crippen molar-refractivity contribution in [3.63, 3.8) is 0 Å². The highest BCUT2D eigenvalue weighted by Crippen LogP contribution is 2.27. The van der Waals surface area contributed by atoms with Crippen molar-refractivity contribution in [3.8, 4) is 0 Å². The first-order valence-corrected chi connectivity index (χ1v) is 8.71. The molecule has 1 aromatic carbocycles. The summed E-state index contributed by atoms with van der Waals surface area (Å²) in [5, 5.41) is 1.03. The van der Waals surface area contributed by atoms with E-state index >= 15 is 0 Å². The molecule has 1 aliphatic rings. The summed E-state index contributed by atoms with van der Waals surface area (Å²) in [5.41, 5.74) is 3.94. The van der Waals surface area contributed by atoms with Gasteiger partial charge in [0, 0.05) is 48.5 Å². The van der Waals surface area contributed by atoms with Crippen LogP contribution in [0.15, 0.2) is 47.5 Å². The van der Waals surface area contributed by atoms with Crippen LogP contribution in [-0.4, -0.2) is 33.9 Å². The Morgan fingerprint density at radius 1 is 1.36 bits per heavy atom. The first-order valence-electron chi connectivity index (χ1n) is 8.71. The second-order valence-electron chi connectivity index (χ2n) is 6.75. The SMILES string of the molecule is Cc1ccc2c(CC(=O)N3CCC[C@H](c4cnccn4)C3)coc2c1. The molecule has 0 unspecified atom stereocenters. The maximum absolute atomic E-state index is 12.8. The van der Waals surface area contributed by atoms with Gasteiger partial charge < -0.3 is 9.32 Å². The van der Waals surface area contributed by atoms with E-state index in [4.69, 9.17) is 4.42 Å². The minimum atomic E-state index is 0.150. The topological polar surface area (TPSA) is 59.2 Å². The van der Waals surface area contributed by atoms with E-state index in [-0.39, 0.29) is 11.8 Å². The molecule has 2 aromatic heterocycles. The van der Waals surface area contributed by atoms with Crippen LogP contribution >= 0.6 is 0 Å². The van der Waals surface area contributed by atoms with E-state index in [0.717, 1.165) is 47.2 Å². The van der Waals surface area contributed by atoms with Crippen molar-refractivity contribution in [1.82, 2.24) is 14.9 Å². The van der Waals surface area contributed by atoms with Crippen LogP contribution in [0.4, 0.5) is 0 Å². The highest BCUT2D eigenvalue weighted by molar-refractivity contribution is 5.88. The van der Waals surface area contributed by atoms with Crippen LogP contribution in [0, 0.1) is 6.92 Å². The fraction of sp³-hybridized carbons (Fsp3) is 0.350. The zero-order chi connectivity index (χ0) is 17.2. The minimum Gasteiger partial charge on any atom is -0.464 e. The summed E-state index contributed by atoms with van der Waals surface area (Å²) in [6.45, 7) is 3.56. The molecule has 128 valence electrons. The van der Waals surface area contributed by atoms with Gasteiger partial charge >= 0.3 is 0 Å². The fourth-order valence-electron chi connectivity index (χ4n) is 3.57. The van der Waals surface area contributed by atoms with Gasteiger partial charge in [0.1, 0.15) is 5.58 Å². The molecule has 0 bridgehead atoms. The number of hydrogen-bond donors (Lipinski definition) is 0. The van der Waals surface area contributed by atoms with Gasteiger partial charge in [-0.25, -0.2) is 0 Å². The average Bonchev–Trinajstić information content (AvgIpc) is 3.04. The number of carbonyl (C=O) groups is 1. The number of hydrogen-bond acceptors (Lipinski definition) is 4. The number of aromatic nitrogens is 2. The van der Waals surface area contributed by atoms with E-state index in [0.29, 0.717) is 13.0 Å². The van der Waals surface area contributed by atoms with Crippen LogP contribution in [0.5, 0.6) is 0 Å². The summed E-state index contributed by atoms with van der Waals surface area (Å²) in [6, 6.07) is 6.10. The summed E-state index contributed by atoms with van der Waals surface area (Å²) in [6.07, 6.45) is 9.35. The second kappa shape index (κ2) is 6.67. The Hall–Kier alpha value is -2.69. The standard InChI is InChI=1S/C20H21N3O2/c1-14-4-5-17-16(13-25-19(17)9-14)10-20(24)23-8-2-3-15(12-23)18-11-21-6-7-22-18/h4-7,9,11,13,15H,2-3,8,10,12H2,1H3/t15-/m0/s1. The van der Waals surface area contributed by atoms with E-state index in [2.05, 4.69) is 16.0 Å². The van der Waals surface area contributed by atoms with Crippen molar-refractivity contribution in [1.29, 1.82) is 0 Å². The molecule has 3 heterocycles. The molecule has 5 heteroatoms. The molecule has 0 spiro atoms. The Bertz CT molecular complexity index is 888. The predicted octanol–water partition coefficient (Wildman–Crippen LogP) is 3.48. The van der Waals surface area contributed by atoms with Crippen LogP contribution < -0.4 is 0 Å². The third-order valence-corrected chi connectivity index (χ3v) is 4.93. The lowest BCUT2D eigenvalue weighted by atomic mass is 9.94. The van der Waals surface area contributed by atoms with Gasteiger partial charge in [0.15, 0.2) is 0 Å². The van der Waals surface area contributed by atoms with Crippen LogP contribution in [0.1, 0.15) is 35.6 Å². The van der Waals surface area contributed by atoms with Crippen molar-refractivity contribution < 1.29 is 9.21 Å². The molecule has 1 atom stereocenters. The molecule has 3 aromatic rings. The number of piperidine rings is 1. The number of likely N-dealkylation sites (tertiary alicyclic amines) is 1.